The monoisotopic (exact) mass is 314 g/mol. The van der Waals surface area contributed by atoms with Gasteiger partial charge in [-0.3, -0.25) is 4.79 Å². The first-order valence-corrected chi connectivity index (χ1v) is 5.81. The van der Waals surface area contributed by atoms with E-state index in [0.29, 0.717) is 5.33 Å². The van der Waals surface area contributed by atoms with Crippen molar-refractivity contribution in [3.63, 3.8) is 0 Å². The van der Waals surface area contributed by atoms with Gasteiger partial charge < -0.3 is 0 Å². The number of alkyl halides is 4. The van der Waals surface area contributed by atoms with Crippen LogP contribution in [0.4, 0.5) is 13.2 Å². The van der Waals surface area contributed by atoms with Crippen LogP contribution in [0.1, 0.15) is 22.3 Å². The predicted octanol–water partition coefficient (Wildman–Crippen LogP) is 4.33. The fourth-order valence-corrected chi connectivity index (χ4v) is 1.74. The Morgan fingerprint density at radius 2 is 1.94 bits per heavy atom. The van der Waals surface area contributed by atoms with E-state index >= 15 is 0 Å². The molecule has 0 spiro atoms. The highest BCUT2D eigenvalue weighted by molar-refractivity contribution is 9.09. The van der Waals surface area contributed by atoms with Crippen molar-refractivity contribution in [2.75, 3.05) is 5.33 Å². The van der Waals surface area contributed by atoms with E-state index in [1.165, 1.54) is 6.07 Å². The minimum Gasteiger partial charge on any atom is -0.294 e. The normalized spacial score (nSPS) is 11.6. The number of carbonyl (C=O) groups excluding carboxylic acids is 1. The first kappa shape index (κ1) is 13.5. The second-order valence-corrected chi connectivity index (χ2v) is 4.32. The third-order valence-electron chi connectivity index (χ3n) is 1.87. The van der Waals surface area contributed by atoms with Gasteiger partial charge in [0.2, 0.25) is 0 Å². The van der Waals surface area contributed by atoms with Gasteiger partial charge in [0.15, 0.2) is 5.78 Å². The smallest absolute Gasteiger partial charge is 0.294 e. The molecule has 0 aliphatic rings. The van der Waals surface area contributed by atoms with E-state index in [-0.39, 0.29) is 22.8 Å². The van der Waals surface area contributed by atoms with Gasteiger partial charge in [-0.15, -0.1) is 0 Å². The van der Waals surface area contributed by atoms with Gasteiger partial charge in [0.05, 0.1) is 5.56 Å². The Kier molecular flexibility index (Phi) is 4.38. The fourth-order valence-electron chi connectivity index (χ4n) is 1.14. The molecule has 88 valence electrons. The summed E-state index contributed by atoms with van der Waals surface area (Å²) in [7, 11) is 0. The summed E-state index contributed by atoms with van der Waals surface area (Å²) in [6.07, 6.45) is -4.36. The molecule has 1 rings (SSSR count). The van der Waals surface area contributed by atoms with Crippen molar-refractivity contribution in [2.45, 2.75) is 12.6 Å². The molecule has 0 N–H and O–H groups in total. The molecule has 0 aliphatic heterocycles. The minimum atomic E-state index is -4.49. The molecule has 0 unspecified atom stereocenters. The van der Waals surface area contributed by atoms with E-state index < -0.39 is 11.7 Å². The molecule has 0 atom stereocenters. The zero-order chi connectivity index (χ0) is 12.3. The van der Waals surface area contributed by atoms with Crippen LogP contribution in [0.3, 0.4) is 0 Å². The summed E-state index contributed by atoms with van der Waals surface area (Å²) >= 11 is 8.58. The van der Waals surface area contributed by atoms with Crippen LogP contribution in [0.25, 0.3) is 0 Å². The first-order chi connectivity index (χ1) is 7.34. The Morgan fingerprint density at radius 3 is 2.44 bits per heavy atom. The summed E-state index contributed by atoms with van der Waals surface area (Å²) in [5.41, 5.74) is -0.919. The SMILES string of the molecule is O=C(CCBr)c1cc(Cl)cc(C(F)(F)F)c1. The Hall–Kier alpha value is -0.550. The molecule has 0 aromatic heterocycles. The summed E-state index contributed by atoms with van der Waals surface area (Å²) in [4.78, 5) is 11.4. The number of hydrogen-bond acceptors (Lipinski definition) is 1. The second-order valence-electron chi connectivity index (χ2n) is 3.09. The van der Waals surface area contributed by atoms with Gasteiger partial charge in [0, 0.05) is 22.3 Å². The highest BCUT2D eigenvalue weighted by Crippen LogP contribution is 2.32. The molecule has 0 amide bonds. The fraction of sp³-hybridized carbons (Fsp3) is 0.300. The molecule has 6 heteroatoms. The van der Waals surface area contributed by atoms with Crippen molar-refractivity contribution in [2.24, 2.45) is 0 Å². The summed E-state index contributed by atoms with van der Waals surface area (Å²) in [5, 5.41) is 0.312. The lowest BCUT2D eigenvalue weighted by molar-refractivity contribution is -0.137. The molecule has 0 heterocycles. The molecule has 0 saturated carbocycles. The number of ketones is 1. The van der Waals surface area contributed by atoms with Crippen molar-refractivity contribution in [3.05, 3.63) is 34.3 Å². The molecule has 16 heavy (non-hydrogen) atoms. The Bertz CT molecular complexity index is 404. The van der Waals surface area contributed by atoms with Gasteiger partial charge in [-0.2, -0.15) is 13.2 Å². The van der Waals surface area contributed by atoms with Crippen molar-refractivity contribution < 1.29 is 18.0 Å². The van der Waals surface area contributed by atoms with Crippen LogP contribution in [-0.2, 0) is 6.18 Å². The van der Waals surface area contributed by atoms with Crippen LogP contribution in [0.2, 0.25) is 5.02 Å². The predicted molar refractivity (Wildman–Crippen MR) is 59.2 cm³/mol. The zero-order valence-electron chi connectivity index (χ0n) is 7.94. The molecule has 0 bridgehead atoms. The lowest BCUT2D eigenvalue weighted by Gasteiger charge is -2.09. The molecule has 1 aromatic rings. The largest absolute Gasteiger partial charge is 0.416 e. The maximum Gasteiger partial charge on any atom is 0.416 e. The minimum absolute atomic E-state index is 0.0146. The molecule has 0 fully saturated rings. The summed E-state index contributed by atoms with van der Waals surface area (Å²) in [5.74, 6) is -0.370. The third kappa shape index (κ3) is 3.49. The number of carbonyl (C=O) groups is 1. The van der Waals surface area contributed by atoms with Gasteiger partial charge in [0.25, 0.3) is 0 Å². The van der Waals surface area contributed by atoms with Crippen molar-refractivity contribution in [3.8, 4) is 0 Å². The van der Waals surface area contributed by atoms with Crippen LogP contribution >= 0.6 is 27.5 Å². The molecule has 0 saturated heterocycles. The number of rotatable bonds is 3. The average Bonchev–Trinajstić information content (AvgIpc) is 2.16. The summed E-state index contributed by atoms with van der Waals surface area (Å²) in [6.45, 7) is 0. The van der Waals surface area contributed by atoms with Crippen LogP contribution in [0.5, 0.6) is 0 Å². The number of benzene rings is 1. The maximum atomic E-state index is 12.4. The molecule has 0 aliphatic carbocycles. The second kappa shape index (κ2) is 5.19. The topological polar surface area (TPSA) is 17.1 Å². The molecule has 1 aromatic carbocycles. The van der Waals surface area contributed by atoms with Gasteiger partial charge in [0.1, 0.15) is 0 Å². The molecule has 1 nitrogen and oxygen atoms in total. The zero-order valence-corrected chi connectivity index (χ0v) is 10.3. The molecular formula is C10H7BrClF3O. The van der Waals surface area contributed by atoms with Crippen LogP contribution in [0.15, 0.2) is 18.2 Å². The number of hydrogen-bond donors (Lipinski definition) is 0. The van der Waals surface area contributed by atoms with Gasteiger partial charge in [-0.1, -0.05) is 27.5 Å². The molecular weight excluding hydrogens is 308 g/mol. The first-order valence-electron chi connectivity index (χ1n) is 4.31. The Balaban J connectivity index is 3.13. The van der Waals surface area contributed by atoms with Gasteiger partial charge in [-0.25, -0.2) is 0 Å². The van der Waals surface area contributed by atoms with Gasteiger partial charge in [-0.05, 0) is 18.2 Å². The van der Waals surface area contributed by atoms with Gasteiger partial charge >= 0.3 is 6.18 Å². The van der Waals surface area contributed by atoms with E-state index in [1.54, 1.807) is 0 Å². The number of Topliss-reactive ketones (excluding diaryl/α,β-unsaturated/α-hetero) is 1. The summed E-state index contributed by atoms with van der Waals surface area (Å²) < 4.78 is 37.3. The highest BCUT2D eigenvalue weighted by Gasteiger charge is 2.31. The lowest BCUT2D eigenvalue weighted by Crippen LogP contribution is -2.08. The van der Waals surface area contributed by atoms with Crippen molar-refractivity contribution in [1.82, 2.24) is 0 Å². The maximum absolute atomic E-state index is 12.4. The van der Waals surface area contributed by atoms with E-state index in [4.69, 9.17) is 11.6 Å². The lowest BCUT2D eigenvalue weighted by atomic mass is 10.1. The Morgan fingerprint density at radius 1 is 1.31 bits per heavy atom. The standard InChI is InChI=1S/C10H7BrClF3O/c11-2-1-9(16)6-3-7(10(13,14)15)5-8(12)4-6/h3-5H,1-2H2. The van der Waals surface area contributed by atoms with E-state index in [0.717, 1.165) is 12.1 Å². The van der Waals surface area contributed by atoms with E-state index in [9.17, 15) is 18.0 Å². The van der Waals surface area contributed by atoms with Crippen LogP contribution in [0, 0.1) is 0 Å². The van der Waals surface area contributed by atoms with Crippen molar-refractivity contribution in [1.29, 1.82) is 0 Å². The average molecular weight is 316 g/mol. The Labute approximate surface area is 104 Å². The summed E-state index contributed by atoms with van der Waals surface area (Å²) in [6, 6.07) is 2.85. The quantitative estimate of drug-likeness (QED) is 0.599. The third-order valence-corrected chi connectivity index (χ3v) is 2.48. The highest BCUT2D eigenvalue weighted by atomic mass is 79.9. The van der Waals surface area contributed by atoms with E-state index in [1.807, 2.05) is 0 Å². The van der Waals surface area contributed by atoms with Crippen LogP contribution < -0.4 is 0 Å². The van der Waals surface area contributed by atoms with Crippen molar-refractivity contribution >= 4 is 33.3 Å². The van der Waals surface area contributed by atoms with Crippen LogP contribution in [-0.4, -0.2) is 11.1 Å². The number of halogens is 5. The molecule has 0 radical (unpaired) electrons. The van der Waals surface area contributed by atoms with E-state index in [2.05, 4.69) is 15.9 Å².